The lowest BCUT2D eigenvalue weighted by atomic mass is 10.1. The van der Waals surface area contributed by atoms with Crippen LogP contribution in [0.5, 0.6) is 0 Å². The number of aromatic nitrogens is 2. The quantitative estimate of drug-likeness (QED) is 0.753. The molecule has 0 fully saturated rings. The van der Waals surface area contributed by atoms with Crippen LogP contribution in [0.15, 0.2) is 30.3 Å². The molecule has 1 aromatic carbocycles. The fraction of sp³-hybridized carbons (Fsp3) is 0.0909. The zero-order chi connectivity index (χ0) is 11.4. The first-order valence-electron chi connectivity index (χ1n) is 4.60. The third kappa shape index (κ3) is 2.30. The summed E-state index contributed by atoms with van der Waals surface area (Å²) in [6.45, 7) is 0. The summed E-state index contributed by atoms with van der Waals surface area (Å²) in [6, 6.07) is 10.9. The van der Waals surface area contributed by atoms with Gasteiger partial charge in [-0.15, -0.1) is 0 Å². The number of Topliss-reactive ketones (excluding diaryl/α,β-unsaturated/α-hetero) is 1. The van der Waals surface area contributed by atoms with Gasteiger partial charge in [0.2, 0.25) is 5.01 Å². The first-order chi connectivity index (χ1) is 7.79. The average Bonchev–Trinajstić information content (AvgIpc) is 2.78. The van der Waals surface area contributed by atoms with Gasteiger partial charge in [0.05, 0.1) is 6.42 Å². The predicted octanol–water partition coefficient (Wildman–Crippen LogP) is 1.84. The van der Waals surface area contributed by atoms with Crippen molar-refractivity contribution in [3.8, 4) is 6.07 Å². The maximum absolute atomic E-state index is 11.8. The Morgan fingerprint density at radius 2 is 2.12 bits per heavy atom. The van der Waals surface area contributed by atoms with Crippen molar-refractivity contribution in [2.75, 3.05) is 0 Å². The zero-order valence-electron chi connectivity index (χ0n) is 8.25. The molecular formula is C11H7N3OS. The monoisotopic (exact) mass is 229 g/mol. The first kappa shape index (κ1) is 10.5. The summed E-state index contributed by atoms with van der Waals surface area (Å²) in [5, 5.41) is 8.86. The third-order valence-electron chi connectivity index (χ3n) is 1.98. The molecule has 0 spiro atoms. The van der Waals surface area contributed by atoms with Gasteiger partial charge in [-0.1, -0.05) is 30.3 Å². The minimum absolute atomic E-state index is 0.0390. The lowest BCUT2D eigenvalue weighted by Crippen LogP contribution is -2.04. The van der Waals surface area contributed by atoms with Gasteiger partial charge >= 0.3 is 0 Å². The Labute approximate surface area is 96.4 Å². The number of hydrogen-bond acceptors (Lipinski definition) is 5. The van der Waals surface area contributed by atoms with Gasteiger partial charge in [0.15, 0.2) is 11.6 Å². The molecule has 0 saturated carbocycles. The van der Waals surface area contributed by atoms with E-state index in [1.807, 2.05) is 24.3 Å². The standard InChI is InChI=1S/C11H7N3OS/c12-7-11-13-10(14-16-11)6-9(15)8-4-2-1-3-5-8/h1-5H,6H2. The summed E-state index contributed by atoms with van der Waals surface area (Å²) < 4.78 is 3.94. The molecule has 5 heteroatoms. The maximum atomic E-state index is 11.8. The van der Waals surface area contributed by atoms with Crippen LogP contribution in [0.1, 0.15) is 21.2 Å². The largest absolute Gasteiger partial charge is 0.294 e. The van der Waals surface area contributed by atoms with Crippen LogP contribution in [-0.2, 0) is 6.42 Å². The van der Waals surface area contributed by atoms with Crippen molar-refractivity contribution in [2.24, 2.45) is 0 Å². The van der Waals surface area contributed by atoms with E-state index in [-0.39, 0.29) is 17.2 Å². The second-order valence-corrected chi connectivity index (χ2v) is 3.85. The molecule has 0 aliphatic carbocycles. The molecule has 0 atom stereocenters. The van der Waals surface area contributed by atoms with Gasteiger partial charge in [-0.3, -0.25) is 4.79 Å². The van der Waals surface area contributed by atoms with E-state index in [4.69, 9.17) is 5.26 Å². The molecule has 2 aromatic rings. The molecule has 0 aliphatic heterocycles. The number of benzene rings is 1. The lowest BCUT2D eigenvalue weighted by Gasteiger charge is -1.96. The minimum atomic E-state index is -0.0390. The second-order valence-electron chi connectivity index (χ2n) is 3.09. The van der Waals surface area contributed by atoms with Gasteiger partial charge in [-0.25, -0.2) is 4.98 Å². The van der Waals surface area contributed by atoms with Crippen LogP contribution >= 0.6 is 11.5 Å². The van der Waals surface area contributed by atoms with Gasteiger partial charge in [-0.05, 0) is 11.5 Å². The number of nitrogens with zero attached hydrogens (tertiary/aromatic N) is 3. The number of nitriles is 1. The van der Waals surface area contributed by atoms with E-state index in [0.29, 0.717) is 11.4 Å². The van der Waals surface area contributed by atoms with Crippen molar-refractivity contribution in [3.05, 3.63) is 46.7 Å². The highest BCUT2D eigenvalue weighted by Gasteiger charge is 2.10. The summed E-state index contributed by atoms with van der Waals surface area (Å²) in [5.74, 6) is 0.373. The average molecular weight is 229 g/mol. The van der Waals surface area contributed by atoms with Crippen LogP contribution in [0, 0.1) is 11.3 Å². The molecule has 0 radical (unpaired) electrons. The summed E-state index contributed by atoms with van der Waals surface area (Å²) in [5.41, 5.74) is 0.635. The molecule has 0 aliphatic rings. The number of carbonyl (C=O) groups excluding carboxylic acids is 1. The predicted molar refractivity (Wildman–Crippen MR) is 59.1 cm³/mol. The molecule has 0 bridgehead atoms. The normalized spacial score (nSPS) is 9.69. The Hall–Kier alpha value is -2.06. The topological polar surface area (TPSA) is 66.6 Å². The van der Waals surface area contributed by atoms with Crippen LogP contribution in [-0.4, -0.2) is 15.1 Å². The Balaban J connectivity index is 2.11. The van der Waals surface area contributed by atoms with Crippen LogP contribution in [0.25, 0.3) is 0 Å². The second kappa shape index (κ2) is 4.64. The SMILES string of the molecule is N#Cc1nc(CC(=O)c2ccccc2)ns1. The van der Waals surface area contributed by atoms with Gasteiger partial charge < -0.3 is 0 Å². The van der Waals surface area contributed by atoms with Crippen LogP contribution in [0.4, 0.5) is 0 Å². The molecule has 1 heterocycles. The molecule has 0 unspecified atom stereocenters. The summed E-state index contributed by atoms with van der Waals surface area (Å²) in [4.78, 5) is 15.7. The Kier molecular flexibility index (Phi) is 3.03. The summed E-state index contributed by atoms with van der Waals surface area (Å²) >= 11 is 1.01. The van der Waals surface area contributed by atoms with Gasteiger partial charge in [0.25, 0.3) is 0 Å². The Bertz CT molecular complexity index is 542. The van der Waals surface area contributed by atoms with Crippen LogP contribution in [0.3, 0.4) is 0 Å². The van der Waals surface area contributed by atoms with Crippen molar-refractivity contribution in [1.82, 2.24) is 9.36 Å². The molecular weight excluding hydrogens is 222 g/mol. The van der Waals surface area contributed by atoms with Gasteiger partial charge in [0.1, 0.15) is 6.07 Å². The lowest BCUT2D eigenvalue weighted by molar-refractivity contribution is 0.0991. The van der Waals surface area contributed by atoms with E-state index >= 15 is 0 Å². The highest BCUT2D eigenvalue weighted by molar-refractivity contribution is 7.06. The highest BCUT2D eigenvalue weighted by Crippen LogP contribution is 2.07. The smallest absolute Gasteiger partial charge is 0.214 e. The van der Waals surface area contributed by atoms with Crippen molar-refractivity contribution >= 4 is 17.3 Å². The van der Waals surface area contributed by atoms with E-state index in [9.17, 15) is 4.79 Å². The zero-order valence-corrected chi connectivity index (χ0v) is 9.07. The van der Waals surface area contributed by atoms with E-state index in [2.05, 4.69) is 9.36 Å². The third-order valence-corrected chi connectivity index (χ3v) is 2.64. The molecule has 0 amide bonds. The Morgan fingerprint density at radius 3 is 2.75 bits per heavy atom. The molecule has 0 saturated heterocycles. The minimum Gasteiger partial charge on any atom is -0.294 e. The highest BCUT2D eigenvalue weighted by atomic mass is 32.1. The molecule has 2 rings (SSSR count). The van der Waals surface area contributed by atoms with Gasteiger partial charge in [-0.2, -0.15) is 9.64 Å². The first-order valence-corrected chi connectivity index (χ1v) is 5.38. The number of ketones is 1. The van der Waals surface area contributed by atoms with Crippen molar-refractivity contribution in [3.63, 3.8) is 0 Å². The van der Waals surface area contributed by atoms with E-state index in [1.54, 1.807) is 12.1 Å². The molecule has 16 heavy (non-hydrogen) atoms. The van der Waals surface area contributed by atoms with E-state index in [0.717, 1.165) is 11.5 Å². The molecule has 0 N–H and O–H groups in total. The fourth-order valence-electron chi connectivity index (χ4n) is 1.24. The molecule has 1 aromatic heterocycles. The maximum Gasteiger partial charge on any atom is 0.214 e. The van der Waals surface area contributed by atoms with Crippen molar-refractivity contribution in [1.29, 1.82) is 5.26 Å². The number of carbonyl (C=O) groups is 1. The summed E-state index contributed by atoms with van der Waals surface area (Å²) in [7, 11) is 0. The van der Waals surface area contributed by atoms with E-state index in [1.165, 1.54) is 0 Å². The summed E-state index contributed by atoms with van der Waals surface area (Å²) in [6.07, 6.45) is 0.141. The van der Waals surface area contributed by atoms with Crippen molar-refractivity contribution < 1.29 is 4.79 Å². The van der Waals surface area contributed by atoms with Crippen LogP contribution in [0.2, 0.25) is 0 Å². The Morgan fingerprint density at radius 1 is 1.38 bits per heavy atom. The molecule has 4 nitrogen and oxygen atoms in total. The molecule has 78 valence electrons. The number of hydrogen-bond donors (Lipinski definition) is 0. The fourth-order valence-corrected chi connectivity index (χ4v) is 1.73. The van der Waals surface area contributed by atoms with Gasteiger partial charge in [0, 0.05) is 5.56 Å². The van der Waals surface area contributed by atoms with Crippen molar-refractivity contribution in [2.45, 2.75) is 6.42 Å². The van der Waals surface area contributed by atoms with Crippen LogP contribution < -0.4 is 0 Å². The number of rotatable bonds is 3. The van der Waals surface area contributed by atoms with E-state index < -0.39 is 0 Å².